The predicted molar refractivity (Wildman–Crippen MR) is 133 cm³/mol. The number of aromatic nitrogens is 2. The van der Waals surface area contributed by atoms with Crippen molar-refractivity contribution in [1.29, 1.82) is 0 Å². The van der Waals surface area contributed by atoms with Crippen LogP contribution in [-0.2, 0) is 0 Å². The number of hydrogen-bond acceptors (Lipinski definition) is 5. The van der Waals surface area contributed by atoms with Crippen LogP contribution in [0.3, 0.4) is 0 Å². The fourth-order valence-corrected chi connectivity index (χ4v) is 4.71. The zero-order chi connectivity index (χ0) is 23.7. The van der Waals surface area contributed by atoms with E-state index in [1.165, 1.54) is 6.07 Å². The van der Waals surface area contributed by atoms with Crippen LogP contribution in [0, 0.1) is 10.1 Å². The molecule has 5 rings (SSSR count). The normalized spacial score (nSPS) is 17.4. The molecule has 1 N–H and O–H groups in total. The Morgan fingerprint density at radius 3 is 2.65 bits per heavy atom. The minimum Gasteiger partial charge on any atom is -0.495 e. The van der Waals surface area contributed by atoms with E-state index in [-0.39, 0.29) is 17.8 Å². The molecule has 34 heavy (non-hydrogen) atoms. The van der Waals surface area contributed by atoms with Gasteiger partial charge in [-0.3, -0.25) is 15.1 Å². The van der Waals surface area contributed by atoms with Crippen molar-refractivity contribution < 1.29 is 9.66 Å². The number of thiocarbonyl (C=S) groups is 1. The molecule has 9 heteroatoms. The monoisotopic (exact) mass is 471 g/mol. The molecule has 2 aromatic carbocycles. The first-order valence-electron chi connectivity index (χ1n) is 10.6. The smallest absolute Gasteiger partial charge is 0.271 e. The summed E-state index contributed by atoms with van der Waals surface area (Å²) in [6.45, 7) is 0. The molecule has 170 valence electrons. The first-order chi connectivity index (χ1) is 16.6. The molecule has 1 saturated heterocycles. The van der Waals surface area contributed by atoms with Crippen molar-refractivity contribution in [3.8, 4) is 11.4 Å². The molecule has 0 spiro atoms. The summed E-state index contributed by atoms with van der Waals surface area (Å²) in [6, 6.07) is 23.4. The van der Waals surface area contributed by atoms with Crippen LogP contribution in [0.1, 0.15) is 23.5 Å². The third-order valence-electron chi connectivity index (χ3n) is 5.84. The molecule has 4 aromatic rings. The summed E-state index contributed by atoms with van der Waals surface area (Å²) in [5.74, 6) is 0.687. The van der Waals surface area contributed by atoms with Crippen molar-refractivity contribution in [1.82, 2.24) is 14.9 Å². The third-order valence-corrected chi connectivity index (χ3v) is 6.16. The van der Waals surface area contributed by atoms with Gasteiger partial charge in [-0.25, -0.2) is 0 Å². The van der Waals surface area contributed by atoms with Gasteiger partial charge in [-0.1, -0.05) is 24.3 Å². The number of para-hydroxylation sites is 2. The summed E-state index contributed by atoms with van der Waals surface area (Å²) in [4.78, 5) is 17.6. The number of nitrogens with one attached hydrogen (secondary N) is 1. The number of non-ortho nitro benzene ring substituents is 1. The van der Waals surface area contributed by atoms with Gasteiger partial charge in [0, 0.05) is 30.2 Å². The summed E-state index contributed by atoms with van der Waals surface area (Å²) in [6.07, 6.45) is 3.65. The van der Waals surface area contributed by atoms with Gasteiger partial charge in [0.2, 0.25) is 0 Å². The maximum absolute atomic E-state index is 11.4. The summed E-state index contributed by atoms with van der Waals surface area (Å²) in [7, 11) is 1.63. The third kappa shape index (κ3) is 3.75. The lowest BCUT2D eigenvalue weighted by Crippen LogP contribution is -2.30. The predicted octanol–water partition coefficient (Wildman–Crippen LogP) is 4.97. The van der Waals surface area contributed by atoms with E-state index in [1.807, 2.05) is 76.3 Å². The zero-order valence-corrected chi connectivity index (χ0v) is 19.1. The fraction of sp³-hybridized carbons (Fsp3) is 0.120. The standard InChI is InChI=1S/C25H21N5O3S/c1-33-22-13-3-2-11-20(22)29-24(23(27-25(29)34)19-10-4-5-14-26-19)21-12-7-15-28(21)17-8-6-9-18(16-17)30(31)32/h2-16,23-24H,1H3,(H,27,34)/t23-,24-/m1/s1. The molecule has 1 aliphatic rings. The van der Waals surface area contributed by atoms with Gasteiger partial charge in [0.25, 0.3) is 5.69 Å². The van der Waals surface area contributed by atoms with Crippen molar-refractivity contribution in [2.24, 2.45) is 0 Å². The molecule has 2 aromatic heterocycles. The van der Waals surface area contributed by atoms with Gasteiger partial charge in [-0.15, -0.1) is 0 Å². The molecule has 1 aliphatic heterocycles. The highest BCUT2D eigenvalue weighted by atomic mass is 32.1. The van der Waals surface area contributed by atoms with Crippen LogP contribution in [0.5, 0.6) is 5.75 Å². The Morgan fingerprint density at radius 1 is 1.06 bits per heavy atom. The Morgan fingerprint density at radius 2 is 1.88 bits per heavy atom. The average Bonchev–Trinajstić information content (AvgIpc) is 3.49. The van der Waals surface area contributed by atoms with E-state index in [4.69, 9.17) is 17.0 Å². The lowest BCUT2D eigenvalue weighted by atomic mass is 10.0. The lowest BCUT2D eigenvalue weighted by Gasteiger charge is -2.29. The number of pyridine rings is 1. The molecule has 2 atom stereocenters. The molecule has 0 unspecified atom stereocenters. The van der Waals surface area contributed by atoms with E-state index >= 15 is 0 Å². The summed E-state index contributed by atoms with van der Waals surface area (Å²) < 4.78 is 7.59. The quantitative estimate of drug-likeness (QED) is 0.241. The second kappa shape index (κ2) is 8.95. The van der Waals surface area contributed by atoms with E-state index in [9.17, 15) is 10.1 Å². The molecule has 8 nitrogen and oxygen atoms in total. The number of nitro benzene ring substituents is 1. The van der Waals surface area contributed by atoms with Gasteiger partial charge in [-0.2, -0.15) is 0 Å². The number of anilines is 1. The lowest BCUT2D eigenvalue weighted by molar-refractivity contribution is -0.384. The Labute approximate surface area is 201 Å². The summed E-state index contributed by atoms with van der Waals surface area (Å²) in [5.41, 5.74) is 3.26. The van der Waals surface area contributed by atoms with Gasteiger partial charge in [-0.05, 0) is 54.7 Å². The highest BCUT2D eigenvalue weighted by molar-refractivity contribution is 7.80. The minimum atomic E-state index is -0.392. The number of nitrogens with zero attached hydrogens (tertiary/aromatic N) is 4. The van der Waals surface area contributed by atoms with E-state index in [0.717, 1.165) is 17.1 Å². The number of rotatable bonds is 6. The van der Waals surface area contributed by atoms with E-state index in [1.54, 1.807) is 25.4 Å². The number of hydrogen-bond donors (Lipinski definition) is 1. The second-order valence-corrected chi connectivity index (χ2v) is 8.14. The molecule has 0 bridgehead atoms. The van der Waals surface area contributed by atoms with Crippen molar-refractivity contribution in [2.75, 3.05) is 12.0 Å². The Bertz CT molecular complexity index is 1360. The molecular formula is C25H21N5O3S. The van der Waals surface area contributed by atoms with E-state index in [2.05, 4.69) is 10.3 Å². The first-order valence-corrected chi connectivity index (χ1v) is 11.0. The van der Waals surface area contributed by atoms with Crippen LogP contribution < -0.4 is 15.0 Å². The molecular weight excluding hydrogens is 450 g/mol. The van der Waals surface area contributed by atoms with Crippen LogP contribution in [0.15, 0.2) is 91.3 Å². The molecule has 1 fully saturated rings. The summed E-state index contributed by atoms with van der Waals surface area (Å²) >= 11 is 5.81. The van der Waals surface area contributed by atoms with Gasteiger partial charge in [0.1, 0.15) is 11.8 Å². The summed E-state index contributed by atoms with van der Waals surface area (Å²) in [5, 5.41) is 15.4. The van der Waals surface area contributed by atoms with Gasteiger partial charge >= 0.3 is 0 Å². The molecule has 0 amide bonds. The molecule has 0 saturated carbocycles. The number of nitro groups is 1. The topological polar surface area (TPSA) is 85.5 Å². The maximum atomic E-state index is 11.4. The van der Waals surface area contributed by atoms with Crippen LogP contribution in [0.2, 0.25) is 0 Å². The van der Waals surface area contributed by atoms with Gasteiger partial charge in [0.05, 0.1) is 35.1 Å². The molecule has 3 heterocycles. The Balaban J connectivity index is 1.69. The Hall–Kier alpha value is -4.24. The van der Waals surface area contributed by atoms with Crippen LogP contribution >= 0.6 is 12.2 Å². The number of benzene rings is 2. The van der Waals surface area contributed by atoms with Crippen molar-refractivity contribution in [3.05, 3.63) is 113 Å². The van der Waals surface area contributed by atoms with E-state index < -0.39 is 4.92 Å². The van der Waals surface area contributed by atoms with Crippen LogP contribution in [0.4, 0.5) is 11.4 Å². The SMILES string of the molecule is COc1ccccc1N1C(=S)N[C@H](c2ccccn2)[C@H]1c1cccn1-c1cccc([N+](=O)[O-])c1. The number of ether oxygens (including phenoxy) is 1. The fourth-order valence-electron chi connectivity index (χ4n) is 4.37. The highest BCUT2D eigenvalue weighted by Crippen LogP contribution is 2.44. The van der Waals surface area contributed by atoms with Crippen molar-refractivity contribution in [3.63, 3.8) is 0 Å². The highest BCUT2D eigenvalue weighted by Gasteiger charge is 2.43. The minimum absolute atomic E-state index is 0.0279. The van der Waals surface area contributed by atoms with E-state index in [0.29, 0.717) is 16.5 Å². The zero-order valence-electron chi connectivity index (χ0n) is 18.2. The van der Waals surface area contributed by atoms with Gasteiger partial charge in [0.15, 0.2) is 5.11 Å². The average molecular weight is 472 g/mol. The van der Waals surface area contributed by atoms with Crippen molar-refractivity contribution >= 4 is 28.7 Å². The van der Waals surface area contributed by atoms with Gasteiger partial charge < -0.3 is 19.5 Å². The maximum Gasteiger partial charge on any atom is 0.271 e. The van der Waals surface area contributed by atoms with Crippen LogP contribution in [-0.4, -0.2) is 26.7 Å². The largest absolute Gasteiger partial charge is 0.495 e. The first kappa shape index (κ1) is 21.6. The van der Waals surface area contributed by atoms with Crippen LogP contribution in [0.25, 0.3) is 5.69 Å². The second-order valence-electron chi connectivity index (χ2n) is 7.75. The molecule has 0 radical (unpaired) electrons. The number of methoxy groups -OCH3 is 1. The molecule has 0 aliphatic carbocycles. The Kier molecular flexibility index (Phi) is 5.69. The van der Waals surface area contributed by atoms with Crippen molar-refractivity contribution in [2.45, 2.75) is 12.1 Å².